The van der Waals surface area contributed by atoms with Crippen LogP contribution < -0.4 is 16.0 Å². The molecule has 0 saturated carbocycles. The third-order valence-corrected chi connectivity index (χ3v) is 6.61. The summed E-state index contributed by atoms with van der Waals surface area (Å²) in [5.74, 6) is -1.10. The fourth-order valence-electron chi connectivity index (χ4n) is 4.44. The zero-order valence-corrected chi connectivity index (χ0v) is 19.5. The Balaban J connectivity index is 1.51. The molecule has 0 unspecified atom stereocenters. The highest BCUT2D eigenvalue weighted by Gasteiger charge is 2.28. The Bertz CT molecular complexity index is 1170. The van der Waals surface area contributed by atoms with Gasteiger partial charge in [0.1, 0.15) is 6.07 Å². The Morgan fingerprint density at radius 3 is 2.41 bits per heavy atom. The second-order valence-electron chi connectivity index (χ2n) is 8.90. The fourth-order valence-corrected chi connectivity index (χ4v) is 4.44. The molecule has 0 amide bonds. The first-order valence-electron chi connectivity index (χ1n) is 11.6. The number of para-hydroxylation sites is 1. The smallest absolute Gasteiger partial charge is 0.310 e. The van der Waals surface area contributed by atoms with Gasteiger partial charge in [0.25, 0.3) is 0 Å². The first-order valence-corrected chi connectivity index (χ1v) is 11.6. The molecule has 6 heteroatoms. The summed E-state index contributed by atoms with van der Waals surface area (Å²) in [5, 5.41) is 29.6. The minimum Gasteiger partial charge on any atom is -0.481 e. The highest BCUT2D eigenvalue weighted by Crippen LogP contribution is 2.33. The number of hydrogen-bond donors (Lipinski definition) is 4. The first kappa shape index (κ1) is 23.3. The fraction of sp³-hybridized carbons (Fsp3) is 0.286. The van der Waals surface area contributed by atoms with Gasteiger partial charge < -0.3 is 21.1 Å². The molecule has 3 aromatic rings. The summed E-state index contributed by atoms with van der Waals surface area (Å²) >= 11 is 0. The van der Waals surface area contributed by atoms with Crippen LogP contribution in [0.1, 0.15) is 54.0 Å². The Kier molecular flexibility index (Phi) is 7.15. The molecule has 1 aliphatic rings. The maximum Gasteiger partial charge on any atom is 0.310 e. The Morgan fingerprint density at radius 2 is 1.74 bits per heavy atom. The van der Waals surface area contributed by atoms with Gasteiger partial charge in [-0.2, -0.15) is 5.26 Å². The standard InChI is InChI=1S/C28H30N4O2/c1-18(20-11-13-21(14-12-20)19(2)28(33)34)16-31-26(22-7-4-3-5-8-22)25-17-30-24-10-6-9-23(15-29)27(24)32-25/h3-14,18-19,25-26,30-32H,16-17H2,1-2H3,(H,33,34)/t18-,19+,25-,26-/m1/s1. The summed E-state index contributed by atoms with van der Waals surface area (Å²) in [6, 6.07) is 26.3. The monoisotopic (exact) mass is 454 g/mol. The van der Waals surface area contributed by atoms with Crippen molar-refractivity contribution >= 4 is 17.3 Å². The van der Waals surface area contributed by atoms with Crippen LogP contribution in [-0.4, -0.2) is 30.2 Å². The van der Waals surface area contributed by atoms with Gasteiger partial charge in [-0.15, -0.1) is 0 Å². The highest BCUT2D eigenvalue weighted by atomic mass is 16.4. The summed E-state index contributed by atoms with van der Waals surface area (Å²) in [6.07, 6.45) is 0. The average Bonchev–Trinajstić information content (AvgIpc) is 2.88. The lowest BCUT2D eigenvalue weighted by atomic mass is 9.93. The predicted octanol–water partition coefficient (Wildman–Crippen LogP) is 5.09. The first-order chi connectivity index (χ1) is 16.5. The van der Waals surface area contributed by atoms with Crippen LogP contribution in [-0.2, 0) is 4.79 Å². The van der Waals surface area contributed by atoms with Crippen molar-refractivity contribution in [2.24, 2.45) is 0 Å². The van der Waals surface area contributed by atoms with Crippen molar-refractivity contribution in [3.05, 3.63) is 95.1 Å². The summed E-state index contributed by atoms with van der Waals surface area (Å²) < 4.78 is 0. The van der Waals surface area contributed by atoms with Gasteiger partial charge in [-0.1, -0.05) is 67.6 Å². The van der Waals surface area contributed by atoms with E-state index in [0.717, 1.165) is 35.6 Å². The number of carboxylic acid groups (broad SMARTS) is 1. The zero-order valence-electron chi connectivity index (χ0n) is 19.5. The van der Waals surface area contributed by atoms with Crippen LogP contribution in [0.4, 0.5) is 11.4 Å². The van der Waals surface area contributed by atoms with Crippen molar-refractivity contribution in [1.82, 2.24) is 5.32 Å². The molecule has 0 aliphatic carbocycles. The molecule has 4 rings (SSSR count). The largest absolute Gasteiger partial charge is 0.481 e. The number of fused-ring (bicyclic) bond motifs is 1. The number of aliphatic carboxylic acids is 1. The van der Waals surface area contributed by atoms with E-state index >= 15 is 0 Å². The zero-order chi connectivity index (χ0) is 24.1. The quantitative estimate of drug-likeness (QED) is 0.379. The minimum atomic E-state index is -0.817. The van der Waals surface area contributed by atoms with Crippen LogP contribution in [0.2, 0.25) is 0 Å². The van der Waals surface area contributed by atoms with E-state index in [1.165, 1.54) is 5.56 Å². The second-order valence-corrected chi connectivity index (χ2v) is 8.90. The molecule has 6 nitrogen and oxygen atoms in total. The lowest BCUT2D eigenvalue weighted by Gasteiger charge is -2.36. The van der Waals surface area contributed by atoms with Gasteiger partial charge in [0, 0.05) is 13.1 Å². The summed E-state index contributed by atoms with van der Waals surface area (Å²) in [6.45, 7) is 5.34. The van der Waals surface area contributed by atoms with E-state index in [9.17, 15) is 15.2 Å². The molecule has 0 aromatic heterocycles. The van der Waals surface area contributed by atoms with E-state index in [-0.39, 0.29) is 18.0 Å². The highest BCUT2D eigenvalue weighted by molar-refractivity contribution is 5.77. The summed E-state index contributed by atoms with van der Waals surface area (Å²) in [4.78, 5) is 11.3. The molecule has 0 fully saturated rings. The molecule has 3 aromatic carbocycles. The van der Waals surface area contributed by atoms with E-state index in [0.29, 0.717) is 5.56 Å². The minimum absolute atomic E-state index is 0.0300. The van der Waals surface area contributed by atoms with Gasteiger partial charge in [-0.3, -0.25) is 4.79 Å². The maximum absolute atomic E-state index is 11.3. The van der Waals surface area contributed by atoms with Crippen molar-refractivity contribution in [3.63, 3.8) is 0 Å². The number of anilines is 2. The number of rotatable bonds is 8. The number of nitriles is 1. The topological polar surface area (TPSA) is 97.2 Å². The van der Waals surface area contributed by atoms with Crippen LogP contribution >= 0.6 is 0 Å². The Morgan fingerprint density at radius 1 is 1.03 bits per heavy atom. The average molecular weight is 455 g/mol. The molecule has 4 N–H and O–H groups in total. The molecule has 0 bridgehead atoms. The Hall–Kier alpha value is -3.82. The van der Waals surface area contributed by atoms with Gasteiger partial charge in [-0.25, -0.2) is 0 Å². The second kappa shape index (κ2) is 10.4. The molecule has 0 radical (unpaired) electrons. The van der Waals surface area contributed by atoms with E-state index in [2.05, 4.69) is 41.1 Å². The number of carboxylic acids is 1. The summed E-state index contributed by atoms with van der Waals surface area (Å²) in [7, 11) is 0. The van der Waals surface area contributed by atoms with Gasteiger partial charge in [0.15, 0.2) is 0 Å². The SMILES string of the molecule is C[C@H](CN[C@H](c1ccccc1)[C@H]1CNc2cccc(C#N)c2N1)c1ccc([C@H](C)C(=O)O)cc1. The maximum atomic E-state index is 11.3. The number of nitrogens with zero attached hydrogens (tertiary/aromatic N) is 1. The lowest BCUT2D eigenvalue weighted by molar-refractivity contribution is -0.138. The summed E-state index contributed by atoms with van der Waals surface area (Å²) in [5.41, 5.74) is 5.57. The molecule has 1 heterocycles. The molecule has 4 atom stereocenters. The van der Waals surface area contributed by atoms with Crippen LogP contribution in [0.3, 0.4) is 0 Å². The predicted molar refractivity (Wildman–Crippen MR) is 135 cm³/mol. The van der Waals surface area contributed by atoms with Crippen molar-refractivity contribution < 1.29 is 9.90 Å². The molecule has 0 saturated heterocycles. The van der Waals surface area contributed by atoms with Crippen LogP contribution in [0, 0.1) is 11.3 Å². The number of nitrogens with one attached hydrogen (secondary N) is 3. The van der Waals surface area contributed by atoms with Crippen LogP contribution in [0.5, 0.6) is 0 Å². The lowest BCUT2D eigenvalue weighted by Crippen LogP contribution is -2.45. The molecule has 0 spiro atoms. The van der Waals surface area contributed by atoms with E-state index in [1.807, 2.05) is 60.7 Å². The normalized spacial score (nSPS) is 17.3. The molecule has 174 valence electrons. The number of hydrogen-bond acceptors (Lipinski definition) is 5. The van der Waals surface area contributed by atoms with Crippen molar-refractivity contribution in [3.8, 4) is 6.07 Å². The molecular weight excluding hydrogens is 424 g/mol. The van der Waals surface area contributed by atoms with Crippen molar-refractivity contribution in [1.29, 1.82) is 5.26 Å². The van der Waals surface area contributed by atoms with Gasteiger partial charge in [0.2, 0.25) is 0 Å². The number of carbonyl (C=O) groups is 1. The van der Waals surface area contributed by atoms with E-state index < -0.39 is 11.9 Å². The van der Waals surface area contributed by atoms with Crippen molar-refractivity contribution in [2.75, 3.05) is 23.7 Å². The molecular formula is C28H30N4O2. The third-order valence-electron chi connectivity index (χ3n) is 6.61. The van der Waals surface area contributed by atoms with Crippen molar-refractivity contribution in [2.45, 2.75) is 37.8 Å². The third kappa shape index (κ3) is 5.05. The van der Waals surface area contributed by atoms with Crippen LogP contribution in [0.25, 0.3) is 0 Å². The Labute approximate surface area is 200 Å². The molecule has 1 aliphatic heterocycles. The van der Waals surface area contributed by atoms with Gasteiger partial charge in [0.05, 0.1) is 34.9 Å². The van der Waals surface area contributed by atoms with Gasteiger partial charge >= 0.3 is 5.97 Å². The van der Waals surface area contributed by atoms with Crippen LogP contribution in [0.15, 0.2) is 72.8 Å². The molecule has 34 heavy (non-hydrogen) atoms. The van der Waals surface area contributed by atoms with Gasteiger partial charge in [-0.05, 0) is 41.7 Å². The van der Waals surface area contributed by atoms with E-state index in [4.69, 9.17) is 0 Å². The number of benzene rings is 3. The van der Waals surface area contributed by atoms with E-state index in [1.54, 1.807) is 6.92 Å².